The Hall–Kier alpha value is -3.98. The van der Waals surface area contributed by atoms with E-state index in [4.69, 9.17) is 43.0 Å². The number of carboxylic acid groups (broad SMARTS) is 2. The van der Waals surface area contributed by atoms with Crippen molar-refractivity contribution in [1.82, 2.24) is 20.3 Å². The Morgan fingerprint density at radius 1 is 1.06 bits per heavy atom. The molecule has 1 aromatic heterocycles. The third-order valence-electron chi connectivity index (χ3n) is 4.83. The van der Waals surface area contributed by atoms with Crippen LogP contribution in [0.5, 0.6) is 11.5 Å². The Labute approximate surface area is 309 Å². The number of anilines is 2. The minimum Gasteiger partial charge on any atom is -0.778 e. The van der Waals surface area contributed by atoms with Gasteiger partial charge in [0.2, 0.25) is 17.2 Å². The summed E-state index contributed by atoms with van der Waals surface area (Å²) in [6, 6.07) is 5.53. The summed E-state index contributed by atoms with van der Waals surface area (Å²) in [7, 11) is -3.71. The topological polar surface area (TPSA) is 262 Å². The SMILES string of the molecule is CCNc1nc(Cl)nc(NC(C)C)n1.C[S+](C)C.O=C(O)CNCP(=O)([O-])O.O=C(O)c1cc(Oc2ccc(C(F)(F)F)cc2Cl)ccc1[N+](=O)[O-]. The number of carbonyl (C=O) groups is 2. The van der Waals surface area contributed by atoms with E-state index < -0.39 is 60.3 Å². The number of benzene rings is 2. The minimum absolute atomic E-state index is 0.125. The zero-order valence-corrected chi connectivity index (χ0v) is 31.6. The lowest BCUT2D eigenvalue weighted by molar-refractivity contribution is -0.385. The van der Waals surface area contributed by atoms with Crippen LogP contribution in [0.3, 0.4) is 0 Å². The molecule has 1 atom stereocenters. The van der Waals surface area contributed by atoms with Crippen LogP contribution < -0.4 is 25.6 Å². The molecule has 3 aromatic rings. The van der Waals surface area contributed by atoms with Gasteiger partial charge >= 0.3 is 18.1 Å². The number of rotatable bonds is 12. The second kappa shape index (κ2) is 22.8. The zero-order valence-electron chi connectivity index (χ0n) is 28.4. The van der Waals surface area contributed by atoms with E-state index in [0.29, 0.717) is 28.9 Å². The fourth-order valence-corrected chi connectivity index (χ4v) is 3.78. The first-order valence-corrected chi connectivity index (χ1v) is 19.3. The van der Waals surface area contributed by atoms with E-state index in [-0.39, 0.29) is 27.8 Å². The van der Waals surface area contributed by atoms with Crippen molar-refractivity contribution in [2.75, 3.05) is 48.8 Å². The van der Waals surface area contributed by atoms with Gasteiger partial charge < -0.3 is 39.9 Å². The molecule has 2 aromatic carbocycles. The molecule has 0 radical (unpaired) electrons. The number of nitrogens with zero attached hydrogens (tertiary/aromatic N) is 4. The van der Waals surface area contributed by atoms with Gasteiger partial charge in [-0.05, 0) is 67.5 Å². The number of aromatic nitrogens is 3. The highest BCUT2D eigenvalue weighted by Crippen LogP contribution is 2.37. The summed E-state index contributed by atoms with van der Waals surface area (Å²) in [4.78, 5) is 60.7. The molecule has 0 aliphatic carbocycles. The highest BCUT2D eigenvalue weighted by Gasteiger charge is 2.31. The molecule has 1 unspecified atom stereocenters. The summed E-state index contributed by atoms with van der Waals surface area (Å²) >= 11 is 11.4. The normalized spacial score (nSPS) is 11.8. The Bertz CT molecular complexity index is 1690. The Morgan fingerprint density at radius 3 is 2.08 bits per heavy atom. The predicted octanol–water partition coefficient (Wildman–Crippen LogP) is 5.19. The van der Waals surface area contributed by atoms with Gasteiger partial charge in [-0.25, -0.2) is 4.79 Å². The molecule has 1 heterocycles. The van der Waals surface area contributed by atoms with Crippen molar-refractivity contribution in [2.45, 2.75) is 33.0 Å². The maximum atomic E-state index is 12.6. The average Bonchev–Trinajstić information content (AvgIpc) is 2.96. The van der Waals surface area contributed by atoms with Crippen LogP contribution in [0.1, 0.15) is 36.7 Å². The number of hydrogen-bond donors (Lipinski definition) is 6. The van der Waals surface area contributed by atoms with Crippen molar-refractivity contribution in [3.05, 3.63) is 67.9 Å². The van der Waals surface area contributed by atoms with E-state index in [1.807, 2.05) is 26.1 Å². The molecule has 0 aliphatic heterocycles. The average molecular weight is 823 g/mol. The van der Waals surface area contributed by atoms with Crippen molar-refractivity contribution in [2.24, 2.45) is 0 Å². The van der Waals surface area contributed by atoms with Crippen LogP contribution in [0.2, 0.25) is 10.3 Å². The van der Waals surface area contributed by atoms with Gasteiger partial charge in [0.15, 0.2) is 0 Å². The monoisotopic (exact) mass is 821 g/mol. The maximum Gasteiger partial charge on any atom is 0.416 e. The van der Waals surface area contributed by atoms with Gasteiger partial charge in [0.05, 0.1) is 47.1 Å². The second-order valence-electron chi connectivity index (χ2n) is 10.4. The number of hydrogen-bond acceptors (Lipinski definition) is 13. The molecule has 290 valence electrons. The molecule has 0 saturated heterocycles. The van der Waals surface area contributed by atoms with E-state index >= 15 is 0 Å². The number of aliphatic carboxylic acids is 1. The number of nitro groups is 1. The first-order valence-electron chi connectivity index (χ1n) is 14.3. The Balaban J connectivity index is 0.000000784. The lowest BCUT2D eigenvalue weighted by atomic mass is 10.1. The molecule has 17 nitrogen and oxygen atoms in total. The number of alkyl halides is 3. The number of halogens is 5. The van der Waals surface area contributed by atoms with Crippen molar-refractivity contribution >= 4 is 71.2 Å². The predicted molar refractivity (Wildman–Crippen MR) is 190 cm³/mol. The molecule has 0 saturated carbocycles. The lowest BCUT2D eigenvalue weighted by Gasteiger charge is -2.14. The molecule has 0 bridgehead atoms. The molecule has 0 spiro atoms. The standard InChI is InChI=1S/C14H7ClF3NO5.C8H14ClN5.C3H8NO5P.C3H9S/c15-10-5-7(14(16,17)18)1-4-12(10)24-8-2-3-11(19(22)23)9(6-8)13(20)21;1-4-10-7-12-6(9)13-8(14-7)11-5(2)3;5-3(6)1-4-2-10(7,8)9;1-4(2)3/h1-6H,(H,20,21);5H,4H2,1-3H3,(H2,10,11,12,13,14);4H,1-2H2,(H,5,6)(H2,7,8,9);1-3H3/q;;;+1/p-1. The number of nitro benzene ring substituents is 1. The quantitative estimate of drug-likeness (QED) is 0.0594. The van der Waals surface area contributed by atoms with Crippen LogP contribution in [0.25, 0.3) is 0 Å². The minimum atomic E-state index is -4.58. The van der Waals surface area contributed by atoms with Crippen molar-refractivity contribution in [1.29, 1.82) is 0 Å². The number of ether oxygens (including phenoxy) is 1. The largest absolute Gasteiger partial charge is 0.778 e. The van der Waals surface area contributed by atoms with Gasteiger partial charge in [0.1, 0.15) is 24.7 Å². The fraction of sp³-hybridized carbons (Fsp3) is 0.393. The van der Waals surface area contributed by atoms with Gasteiger partial charge in [0.25, 0.3) is 5.69 Å². The van der Waals surface area contributed by atoms with Gasteiger partial charge in [-0.2, -0.15) is 28.1 Å². The van der Waals surface area contributed by atoms with Crippen LogP contribution in [-0.4, -0.2) is 91.1 Å². The summed E-state index contributed by atoms with van der Waals surface area (Å²) in [5.41, 5.74) is -2.25. The molecule has 3 rings (SSSR count). The first-order chi connectivity index (χ1) is 23.9. The summed E-state index contributed by atoms with van der Waals surface area (Å²) in [6.07, 6.45) is 1.30. The molecular formula is C28H37Cl2F3N7O10PS. The molecule has 52 heavy (non-hydrogen) atoms. The third kappa shape index (κ3) is 21.4. The summed E-state index contributed by atoms with van der Waals surface area (Å²) < 4.78 is 52.8. The summed E-state index contributed by atoms with van der Waals surface area (Å²) in [5.74, 6) is -2.01. The van der Waals surface area contributed by atoms with E-state index in [1.54, 1.807) is 0 Å². The third-order valence-corrected chi connectivity index (χ3v) is 5.92. The van der Waals surface area contributed by atoms with Crippen LogP contribution in [0.4, 0.5) is 30.8 Å². The maximum absolute atomic E-state index is 12.6. The van der Waals surface area contributed by atoms with Crippen molar-refractivity contribution < 1.29 is 57.0 Å². The van der Waals surface area contributed by atoms with Gasteiger partial charge in [-0.3, -0.25) is 20.2 Å². The van der Waals surface area contributed by atoms with E-state index in [9.17, 15) is 42.3 Å². The number of nitrogens with one attached hydrogen (secondary N) is 3. The van der Waals surface area contributed by atoms with Crippen LogP contribution in [0.15, 0.2) is 36.4 Å². The van der Waals surface area contributed by atoms with E-state index in [2.05, 4.69) is 44.4 Å². The van der Waals surface area contributed by atoms with Crippen molar-refractivity contribution in [3.8, 4) is 11.5 Å². The van der Waals surface area contributed by atoms with Crippen LogP contribution in [-0.2, 0) is 26.4 Å². The number of carboxylic acids is 2. The first kappa shape index (κ1) is 48.0. The van der Waals surface area contributed by atoms with Gasteiger partial charge in [-0.15, -0.1) is 0 Å². The highest BCUT2D eigenvalue weighted by atomic mass is 35.5. The van der Waals surface area contributed by atoms with E-state index in [1.165, 1.54) is 0 Å². The Kier molecular flexibility index (Phi) is 21.1. The molecule has 0 amide bonds. The summed E-state index contributed by atoms with van der Waals surface area (Å²) in [5, 5.41) is 35.6. The highest BCUT2D eigenvalue weighted by molar-refractivity contribution is 7.94. The van der Waals surface area contributed by atoms with Crippen molar-refractivity contribution in [3.63, 3.8) is 0 Å². The summed E-state index contributed by atoms with van der Waals surface area (Å²) in [6.45, 7) is 6.25. The number of aromatic carboxylic acids is 1. The molecular weight excluding hydrogens is 785 g/mol. The molecule has 24 heteroatoms. The lowest BCUT2D eigenvalue weighted by Crippen LogP contribution is -2.25. The van der Waals surface area contributed by atoms with Crippen LogP contribution >= 0.6 is 30.8 Å². The molecule has 0 fully saturated rings. The zero-order chi connectivity index (χ0) is 40.4. The van der Waals surface area contributed by atoms with Crippen LogP contribution in [0, 0.1) is 10.1 Å². The second-order valence-corrected chi connectivity index (χ2v) is 15.2. The molecule has 0 aliphatic rings. The van der Waals surface area contributed by atoms with Gasteiger partial charge in [0, 0.05) is 24.7 Å². The Morgan fingerprint density at radius 2 is 1.63 bits per heavy atom. The smallest absolute Gasteiger partial charge is 0.416 e. The van der Waals surface area contributed by atoms with E-state index in [0.717, 1.165) is 36.9 Å². The van der Waals surface area contributed by atoms with Gasteiger partial charge in [-0.1, -0.05) is 11.6 Å². The fourth-order valence-electron chi connectivity index (χ4n) is 3.01. The molecule has 6 N–H and O–H groups in total.